The van der Waals surface area contributed by atoms with Crippen LogP contribution in [0.3, 0.4) is 0 Å². The van der Waals surface area contributed by atoms with Crippen molar-refractivity contribution in [2.75, 3.05) is 0 Å². The van der Waals surface area contributed by atoms with Crippen LogP contribution < -0.4 is 5.32 Å². The van der Waals surface area contributed by atoms with Crippen LogP contribution in [0, 0.1) is 12.7 Å². The zero-order valence-corrected chi connectivity index (χ0v) is 13.1. The largest absolute Gasteiger partial charge is 0.350 e. The van der Waals surface area contributed by atoms with Crippen molar-refractivity contribution in [1.82, 2.24) is 15.1 Å². The highest BCUT2D eigenvalue weighted by Gasteiger charge is 2.19. The molecule has 0 saturated carbocycles. The quantitative estimate of drug-likeness (QED) is 0.803. The van der Waals surface area contributed by atoms with Gasteiger partial charge < -0.3 is 5.32 Å². The third-order valence-electron chi connectivity index (χ3n) is 3.96. The minimum atomic E-state index is -0.472. The lowest BCUT2D eigenvalue weighted by Gasteiger charge is -2.14. The number of carbonyl (C=O) groups excluding carboxylic acids is 1. The first-order chi connectivity index (χ1) is 11.1. The first-order valence-electron chi connectivity index (χ1n) is 7.53. The number of para-hydroxylation sites is 1. The van der Waals surface area contributed by atoms with Crippen molar-refractivity contribution in [3.8, 4) is 0 Å². The molecule has 1 atom stereocenters. The second-order valence-corrected chi connectivity index (χ2v) is 5.53. The number of amides is 1. The van der Waals surface area contributed by atoms with Gasteiger partial charge in [0.05, 0.1) is 11.2 Å². The maximum absolute atomic E-state index is 13.6. The fourth-order valence-corrected chi connectivity index (χ4v) is 2.63. The molecule has 0 aliphatic heterocycles. The lowest BCUT2D eigenvalue weighted by Crippen LogP contribution is -2.31. The van der Waals surface area contributed by atoms with Crippen LogP contribution in [0.25, 0.3) is 10.9 Å². The monoisotopic (exact) mass is 311 g/mol. The Morgan fingerprint density at radius 1 is 1.22 bits per heavy atom. The summed E-state index contributed by atoms with van der Waals surface area (Å²) in [7, 11) is 0. The van der Waals surface area contributed by atoms with Crippen LogP contribution in [0.15, 0.2) is 48.5 Å². The fourth-order valence-electron chi connectivity index (χ4n) is 2.63. The van der Waals surface area contributed by atoms with Crippen LogP contribution in [-0.4, -0.2) is 15.7 Å². The van der Waals surface area contributed by atoms with Gasteiger partial charge in [-0.15, -0.1) is 0 Å². The van der Waals surface area contributed by atoms with Crippen molar-refractivity contribution < 1.29 is 9.18 Å². The Labute approximate surface area is 133 Å². The van der Waals surface area contributed by atoms with E-state index in [9.17, 15) is 9.18 Å². The number of rotatable bonds is 4. The van der Waals surface area contributed by atoms with Crippen molar-refractivity contribution in [2.45, 2.75) is 26.4 Å². The highest BCUT2D eigenvalue weighted by Crippen LogP contribution is 2.21. The number of aromatic nitrogens is 2. The predicted octanol–water partition coefficient (Wildman–Crippen LogP) is 3.36. The Morgan fingerprint density at radius 3 is 2.70 bits per heavy atom. The van der Waals surface area contributed by atoms with Crippen LogP contribution in [0.1, 0.15) is 24.2 Å². The van der Waals surface area contributed by atoms with Crippen LogP contribution in [-0.2, 0) is 11.3 Å². The van der Waals surface area contributed by atoms with Gasteiger partial charge in [0.25, 0.3) is 0 Å². The summed E-state index contributed by atoms with van der Waals surface area (Å²) in [4.78, 5) is 12.4. The lowest BCUT2D eigenvalue weighted by atomic mass is 10.2. The summed E-state index contributed by atoms with van der Waals surface area (Å²) in [6.07, 6.45) is 0. The molecule has 1 heterocycles. The SMILES string of the molecule is Cc1nn([C@@H](C)C(=O)NCc2ccccc2F)c2ccccc12. The average molecular weight is 311 g/mol. The van der Waals surface area contributed by atoms with Crippen LogP contribution >= 0.6 is 0 Å². The molecule has 0 aliphatic carbocycles. The van der Waals surface area contributed by atoms with Gasteiger partial charge in [0.1, 0.15) is 11.9 Å². The molecule has 1 N–H and O–H groups in total. The average Bonchev–Trinajstić information content (AvgIpc) is 2.90. The van der Waals surface area contributed by atoms with Crippen LogP contribution in [0.4, 0.5) is 4.39 Å². The van der Waals surface area contributed by atoms with Gasteiger partial charge in [-0.25, -0.2) is 4.39 Å². The number of benzene rings is 2. The number of hydrogen-bond acceptors (Lipinski definition) is 2. The minimum Gasteiger partial charge on any atom is -0.350 e. The van der Waals surface area contributed by atoms with Gasteiger partial charge in [-0.2, -0.15) is 5.10 Å². The number of aryl methyl sites for hydroxylation is 1. The topological polar surface area (TPSA) is 46.9 Å². The van der Waals surface area contributed by atoms with Gasteiger partial charge in [-0.05, 0) is 26.0 Å². The van der Waals surface area contributed by atoms with Crippen molar-refractivity contribution in [3.63, 3.8) is 0 Å². The zero-order valence-electron chi connectivity index (χ0n) is 13.1. The number of nitrogens with zero attached hydrogens (tertiary/aromatic N) is 2. The standard InChI is InChI=1S/C18H18FN3O/c1-12-15-8-4-6-10-17(15)22(21-12)13(2)18(23)20-11-14-7-3-5-9-16(14)19/h3-10,13H,11H2,1-2H3,(H,20,23)/t13-/m0/s1. The van der Waals surface area contributed by atoms with E-state index in [0.717, 1.165) is 16.6 Å². The molecule has 3 rings (SSSR count). The molecule has 1 amide bonds. The van der Waals surface area contributed by atoms with E-state index in [2.05, 4.69) is 10.4 Å². The molecule has 1 aromatic heterocycles. The van der Waals surface area contributed by atoms with E-state index in [-0.39, 0.29) is 18.3 Å². The number of halogens is 1. The van der Waals surface area contributed by atoms with Gasteiger partial charge in [0, 0.05) is 17.5 Å². The van der Waals surface area contributed by atoms with Gasteiger partial charge in [-0.1, -0.05) is 36.4 Å². The molecule has 0 spiro atoms. The first kappa shape index (κ1) is 15.2. The van der Waals surface area contributed by atoms with Crippen LogP contribution in [0.5, 0.6) is 0 Å². The van der Waals surface area contributed by atoms with Crippen molar-refractivity contribution >= 4 is 16.8 Å². The molecule has 0 saturated heterocycles. The van der Waals surface area contributed by atoms with E-state index >= 15 is 0 Å². The molecule has 0 aliphatic rings. The molecule has 2 aromatic carbocycles. The van der Waals surface area contributed by atoms with E-state index in [1.54, 1.807) is 29.8 Å². The maximum Gasteiger partial charge on any atom is 0.244 e. The molecule has 5 heteroatoms. The van der Waals surface area contributed by atoms with Crippen LogP contribution in [0.2, 0.25) is 0 Å². The van der Waals surface area contributed by atoms with Crippen molar-refractivity contribution in [2.24, 2.45) is 0 Å². The number of nitrogens with one attached hydrogen (secondary N) is 1. The molecule has 0 bridgehead atoms. The van der Waals surface area contributed by atoms with E-state index < -0.39 is 6.04 Å². The van der Waals surface area contributed by atoms with E-state index in [1.807, 2.05) is 31.2 Å². The maximum atomic E-state index is 13.6. The van der Waals surface area contributed by atoms with Gasteiger partial charge in [-0.3, -0.25) is 9.48 Å². The molecular weight excluding hydrogens is 293 g/mol. The first-order valence-corrected chi connectivity index (χ1v) is 7.53. The fraction of sp³-hybridized carbons (Fsp3) is 0.222. The highest BCUT2D eigenvalue weighted by atomic mass is 19.1. The summed E-state index contributed by atoms with van der Waals surface area (Å²) in [6.45, 7) is 3.87. The Bertz CT molecular complexity index is 856. The molecule has 118 valence electrons. The Balaban J connectivity index is 1.78. The number of carbonyl (C=O) groups is 1. The third kappa shape index (κ3) is 2.95. The summed E-state index contributed by atoms with van der Waals surface area (Å²) in [5.41, 5.74) is 2.27. The second-order valence-electron chi connectivity index (χ2n) is 5.53. The number of fused-ring (bicyclic) bond motifs is 1. The Kier molecular flexibility index (Phi) is 4.10. The van der Waals surface area contributed by atoms with E-state index in [1.165, 1.54) is 6.07 Å². The molecular formula is C18H18FN3O. The predicted molar refractivity (Wildman–Crippen MR) is 87.4 cm³/mol. The van der Waals surface area contributed by atoms with Gasteiger partial charge >= 0.3 is 0 Å². The van der Waals surface area contributed by atoms with E-state index in [4.69, 9.17) is 0 Å². The summed E-state index contributed by atoms with van der Waals surface area (Å²) >= 11 is 0. The second kappa shape index (κ2) is 6.20. The lowest BCUT2D eigenvalue weighted by molar-refractivity contribution is -0.124. The third-order valence-corrected chi connectivity index (χ3v) is 3.96. The smallest absolute Gasteiger partial charge is 0.244 e. The normalized spacial score (nSPS) is 12.3. The summed E-state index contributed by atoms with van der Waals surface area (Å²) in [6, 6.07) is 13.7. The Hall–Kier alpha value is -2.69. The Morgan fingerprint density at radius 2 is 1.91 bits per heavy atom. The zero-order chi connectivity index (χ0) is 16.4. The summed E-state index contributed by atoms with van der Waals surface area (Å²) in [5, 5.41) is 8.27. The van der Waals surface area contributed by atoms with Gasteiger partial charge in [0.15, 0.2) is 0 Å². The summed E-state index contributed by atoms with van der Waals surface area (Å²) < 4.78 is 15.3. The molecule has 0 unspecified atom stereocenters. The minimum absolute atomic E-state index is 0.161. The molecule has 0 radical (unpaired) electrons. The number of hydrogen-bond donors (Lipinski definition) is 1. The van der Waals surface area contributed by atoms with Gasteiger partial charge in [0.2, 0.25) is 5.91 Å². The molecule has 4 nitrogen and oxygen atoms in total. The molecule has 0 fully saturated rings. The van der Waals surface area contributed by atoms with Crippen molar-refractivity contribution in [3.05, 3.63) is 65.6 Å². The van der Waals surface area contributed by atoms with E-state index in [0.29, 0.717) is 5.56 Å². The molecule has 3 aromatic rings. The summed E-state index contributed by atoms with van der Waals surface area (Å²) in [5.74, 6) is -0.512. The van der Waals surface area contributed by atoms with Crippen molar-refractivity contribution in [1.29, 1.82) is 0 Å². The molecule has 23 heavy (non-hydrogen) atoms. The highest BCUT2D eigenvalue weighted by molar-refractivity contribution is 5.86.